The van der Waals surface area contributed by atoms with Gasteiger partial charge in [0.15, 0.2) is 0 Å². The van der Waals surface area contributed by atoms with Crippen molar-refractivity contribution in [1.82, 2.24) is 4.72 Å². The lowest BCUT2D eigenvalue weighted by atomic mass is 10.1. The second-order valence-electron chi connectivity index (χ2n) is 5.40. The zero-order valence-electron chi connectivity index (χ0n) is 13.7. The van der Waals surface area contributed by atoms with Crippen molar-refractivity contribution in [2.24, 2.45) is 0 Å². The molecule has 6 nitrogen and oxygen atoms in total. The van der Waals surface area contributed by atoms with Crippen molar-refractivity contribution in [2.45, 2.75) is 18.7 Å². The number of halogens is 1. The van der Waals surface area contributed by atoms with Gasteiger partial charge in [-0.25, -0.2) is 17.5 Å². The number of sulfonamides is 1. The van der Waals surface area contributed by atoms with Crippen LogP contribution in [0.4, 0.5) is 4.39 Å². The fraction of sp³-hybridized carbons (Fsp3) is 0.235. The molecule has 0 aliphatic carbocycles. The summed E-state index contributed by atoms with van der Waals surface area (Å²) in [7, 11) is -4.22. The van der Waals surface area contributed by atoms with Gasteiger partial charge in [0, 0.05) is 6.54 Å². The predicted molar refractivity (Wildman–Crippen MR) is 87.3 cm³/mol. The van der Waals surface area contributed by atoms with Gasteiger partial charge in [-0.2, -0.15) is 0 Å². The van der Waals surface area contributed by atoms with E-state index < -0.39 is 32.3 Å². The van der Waals surface area contributed by atoms with E-state index >= 15 is 0 Å². The number of carbonyl (C=O) groups excluding carboxylic acids is 1. The predicted octanol–water partition coefficient (Wildman–Crippen LogP) is 1.16. The Labute approximate surface area is 145 Å². The maximum Gasteiger partial charge on any atom is 0.243 e. The summed E-state index contributed by atoms with van der Waals surface area (Å²) < 4.78 is 45.8. The summed E-state index contributed by atoms with van der Waals surface area (Å²) in [5.74, 6) is -1.98. The average Bonchev–Trinajstić information content (AvgIpc) is 2.53. The summed E-state index contributed by atoms with van der Waals surface area (Å²) in [6.45, 7) is 3.67. The van der Waals surface area contributed by atoms with E-state index in [0.717, 1.165) is 29.3 Å². The summed E-state index contributed by atoms with van der Waals surface area (Å²) in [6, 6.07) is 8.05. The van der Waals surface area contributed by atoms with Crippen LogP contribution in [-0.4, -0.2) is 27.5 Å². The van der Waals surface area contributed by atoms with E-state index in [1.807, 2.05) is 32.0 Å². The average molecular weight is 366 g/mol. The number of carboxylic acids is 1. The third-order valence-corrected chi connectivity index (χ3v) is 4.98. The minimum Gasteiger partial charge on any atom is -0.545 e. The van der Waals surface area contributed by atoms with E-state index in [1.54, 1.807) is 0 Å². The van der Waals surface area contributed by atoms with Crippen LogP contribution < -0.4 is 14.6 Å². The Morgan fingerprint density at radius 3 is 2.44 bits per heavy atom. The molecule has 0 atom stereocenters. The highest BCUT2D eigenvalue weighted by Gasteiger charge is 2.19. The smallest absolute Gasteiger partial charge is 0.243 e. The maximum atomic E-state index is 13.7. The molecule has 0 amide bonds. The highest BCUT2D eigenvalue weighted by atomic mass is 32.2. The number of ether oxygens (including phenoxy) is 1. The maximum absolute atomic E-state index is 13.7. The first kappa shape index (κ1) is 18.9. The Kier molecular flexibility index (Phi) is 5.76. The highest BCUT2D eigenvalue weighted by Crippen LogP contribution is 2.22. The summed E-state index contributed by atoms with van der Waals surface area (Å²) >= 11 is 0. The number of benzene rings is 2. The molecule has 0 radical (unpaired) electrons. The number of hydrogen-bond acceptors (Lipinski definition) is 5. The van der Waals surface area contributed by atoms with Gasteiger partial charge in [0.1, 0.15) is 23.1 Å². The van der Waals surface area contributed by atoms with Crippen molar-refractivity contribution >= 4 is 16.0 Å². The first-order chi connectivity index (χ1) is 11.7. The molecule has 0 spiro atoms. The van der Waals surface area contributed by atoms with E-state index in [0.29, 0.717) is 5.75 Å². The molecule has 2 rings (SSSR count). The minimum atomic E-state index is -4.22. The fourth-order valence-corrected chi connectivity index (χ4v) is 3.38. The minimum absolute atomic E-state index is 0.0344. The van der Waals surface area contributed by atoms with E-state index in [2.05, 4.69) is 4.72 Å². The molecule has 0 aliphatic heterocycles. The van der Waals surface area contributed by atoms with Crippen LogP contribution in [-0.2, 0) is 10.0 Å². The summed E-state index contributed by atoms with van der Waals surface area (Å²) in [6.07, 6.45) is 0. The number of rotatable bonds is 7. The van der Waals surface area contributed by atoms with Crippen molar-refractivity contribution in [1.29, 1.82) is 0 Å². The Morgan fingerprint density at radius 2 is 1.84 bits per heavy atom. The number of aromatic carboxylic acids is 1. The van der Waals surface area contributed by atoms with Crippen LogP contribution >= 0.6 is 0 Å². The molecular formula is C17H17FNO5S-. The molecule has 0 aromatic heterocycles. The standard InChI is InChI=1S/C17H18FNO5S/c1-11-4-3-5-12(2)16(11)24-9-8-19-25(22,23)15-10-13(17(20)21)6-7-14(15)18/h3-7,10,19H,8-9H2,1-2H3,(H,20,21)/p-1. The first-order valence-electron chi connectivity index (χ1n) is 7.42. The SMILES string of the molecule is Cc1cccc(C)c1OCCNS(=O)(=O)c1cc(C(=O)[O-])ccc1F. The Bertz CT molecular complexity index is 876. The second-order valence-corrected chi connectivity index (χ2v) is 7.14. The molecule has 25 heavy (non-hydrogen) atoms. The van der Waals surface area contributed by atoms with Crippen molar-refractivity contribution < 1.29 is 27.4 Å². The molecule has 0 saturated heterocycles. The van der Waals surface area contributed by atoms with Crippen LogP contribution in [0.5, 0.6) is 5.75 Å². The van der Waals surface area contributed by atoms with Gasteiger partial charge in [-0.15, -0.1) is 0 Å². The number of hydrogen-bond donors (Lipinski definition) is 1. The van der Waals surface area contributed by atoms with Gasteiger partial charge >= 0.3 is 0 Å². The summed E-state index contributed by atoms with van der Waals surface area (Å²) in [5.41, 5.74) is 1.40. The Balaban J connectivity index is 2.05. The van der Waals surface area contributed by atoms with Gasteiger partial charge in [0.2, 0.25) is 10.0 Å². The molecule has 134 valence electrons. The Morgan fingerprint density at radius 1 is 1.20 bits per heavy atom. The zero-order chi connectivity index (χ0) is 18.6. The molecule has 8 heteroatoms. The lowest BCUT2D eigenvalue weighted by Gasteiger charge is -2.13. The molecule has 0 heterocycles. The lowest BCUT2D eigenvalue weighted by Crippen LogP contribution is -2.30. The van der Waals surface area contributed by atoms with Crippen LogP contribution in [0.2, 0.25) is 0 Å². The van der Waals surface area contributed by atoms with E-state index in [-0.39, 0.29) is 13.2 Å². The number of para-hydroxylation sites is 1. The topological polar surface area (TPSA) is 95.5 Å². The van der Waals surface area contributed by atoms with Gasteiger partial charge in [-0.3, -0.25) is 0 Å². The summed E-state index contributed by atoms with van der Waals surface area (Å²) in [4.78, 5) is 10.1. The number of carboxylic acid groups (broad SMARTS) is 1. The third kappa shape index (κ3) is 4.55. The second kappa shape index (κ2) is 7.62. The van der Waals surface area contributed by atoms with E-state index in [1.165, 1.54) is 0 Å². The van der Waals surface area contributed by atoms with Crippen LogP contribution in [0.15, 0.2) is 41.3 Å². The fourth-order valence-electron chi connectivity index (χ4n) is 2.27. The third-order valence-electron chi connectivity index (χ3n) is 3.51. The summed E-state index contributed by atoms with van der Waals surface area (Å²) in [5, 5.41) is 10.8. The van der Waals surface area contributed by atoms with Gasteiger partial charge in [0.05, 0.1) is 5.97 Å². The van der Waals surface area contributed by atoms with Crippen molar-refractivity contribution in [3.05, 3.63) is 58.9 Å². The quantitative estimate of drug-likeness (QED) is 0.742. The number of aryl methyl sites for hydroxylation is 2. The van der Waals surface area contributed by atoms with Crippen LogP contribution in [0.1, 0.15) is 21.5 Å². The van der Waals surface area contributed by atoms with Crippen molar-refractivity contribution in [3.8, 4) is 5.75 Å². The van der Waals surface area contributed by atoms with Crippen molar-refractivity contribution in [3.63, 3.8) is 0 Å². The van der Waals surface area contributed by atoms with Crippen LogP contribution in [0.25, 0.3) is 0 Å². The largest absolute Gasteiger partial charge is 0.545 e. The molecule has 0 unspecified atom stereocenters. The normalized spacial score (nSPS) is 11.3. The molecule has 1 N–H and O–H groups in total. The van der Waals surface area contributed by atoms with Crippen LogP contribution in [0.3, 0.4) is 0 Å². The molecule has 0 bridgehead atoms. The molecule has 0 saturated carbocycles. The molecule has 2 aromatic carbocycles. The monoisotopic (exact) mass is 366 g/mol. The molecular weight excluding hydrogens is 349 g/mol. The zero-order valence-corrected chi connectivity index (χ0v) is 14.5. The van der Waals surface area contributed by atoms with Gasteiger partial charge in [0.25, 0.3) is 0 Å². The first-order valence-corrected chi connectivity index (χ1v) is 8.90. The van der Waals surface area contributed by atoms with Crippen molar-refractivity contribution in [2.75, 3.05) is 13.2 Å². The molecule has 0 fully saturated rings. The number of carbonyl (C=O) groups is 1. The lowest BCUT2D eigenvalue weighted by molar-refractivity contribution is -0.255. The van der Waals surface area contributed by atoms with Gasteiger partial charge < -0.3 is 14.6 Å². The van der Waals surface area contributed by atoms with Gasteiger partial charge in [-0.05, 0) is 42.7 Å². The molecule has 0 aliphatic rings. The number of nitrogens with one attached hydrogen (secondary N) is 1. The van der Waals surface area contributed by atoms with E-state index in [9.17, 15) is 22.7 Å². The van der Waals surface area contributed by atoms with Crippen LogP contribution in [0, 0.1) is 19.7 Å². The molecule has 2 aromatic rings. The Hall–Kier alpha value is -2.45. The van der Waals surface area contributed by atoms with Gasteiger partial charge in [-0.1, -0.05) is 24.3 Å². The highest BCUT2D eigenvalue weighted by molar-refractivity contribution is 7.89. The van der Waals surface area contributed by atoms with E-state index in [4.69, 9.17) is 4.74 Å².